The molecule has 0 amide bonds. The van der Waals surface area contributed by atoms with E-state index < -0.39 is 5.66 Å². The Balaban J connectivity index is 1.37. The summed E-state index contributed by atoms with van der Waals surface area (Å²) >= 11 is 0. The Kier molecular flexibility index (Phi) is 3.32. The fourth-order valence-corrected chi connectivity index (χ4v) is 3.24. The summed E-state index contributed by atoms with van der Waals surface area (Å²) in [6, 6.07) is 6.00. The largest absolute Gasteiger partial charge is 0.361 e. The summed E-state index contributed by atoms with van der Waals surface area (Å²) in [5.74, 6) is 1.20. The SMILES string of the molecule is NC1(c2cc(C3CC3)[nH]n2)C=CNC(=NCc2nccc3[nH]ccc23)N1. The summed E-state index contributed by atoms with van der Waals surface area (Å²) in [5, 5.41) is 14.9. The van der Waals surface area contributed by atoms with Crippen LogP contribution in [0.25, 0.3) is 10.9 Å². The second kappa shape index (κ2) is 5.70. The summed E-state index contributed by atoms with van der Waals surface area (Å²) in [6.45, 7) is 0.447. The minimum atomic E-state index is -0.888. The number of fused-ring (bicyclic) bond motifs is 1. The molecular formula is C18H20N8. The molecule has 6 N–H and O–H groups in total. The van der Waals surface area contributed by atoms with Gasteiger partial charge in [-0.05, 0) is 37.1 Å². The molecule has 1 aliphatic carbocycles. The lowest BCUT2D eigenvalue weighted by Crippen LogP contribution is -2.57. The highest BCUT2D eigenvalue weighted by molar-refractivity contribution is 5.84. The van der Waals surface area contributed by atoms with Crippen molar-refractivity contribution < 1.29 is 0 Å². The highest BCUT2D eigenvalue weighted by atomic mass is 15.3. The Morgan fingerprint density at radius 3 is 3.12 bits per heavy atom. The van der Waals surface area contributed by atoms with E-state index >= 15 is 0 Å². The molecule has 0 saturated heterocycles. The molecule has 0 spiro atoms. The van der Waals surface area contributed by atoms with Crippen LogP contribution in [0, 0.1) is 0 Å². The van der Waals surface area contributed by atoms with Crippen molar-refractivity contribution in [2.24, 2.45) is 10.7 Å². The van der Waals surface area contributed by atoms with Gasteiger partial charge in [0.1, 0.15) is 5.69 Å². The molecule has 1 atom stereocenters. The number of nitrogens with one attached hydrogen (secondary N) is 4. The van der Waals surface area contributed by atoms with Gasteiger partial charge in [0, 0.05) is 41.1 Å². The maximum atomic E-state index is 6.53. The van der Waals surface area contributed by atoms with E-state index in [1.54, 1.807) is 12.4 Å². The number of hydrogen-bond donors (Lipinski definition) is 5. The molecule has 26 heavy (non-hydrogen) atoms. The maximum Gasteiger partial charge on any atom is 0.197 e. The second-order valence-electron chi connectivity index (χ2n) is 6.82. The van der Waals surface area contributed by atoms with E-state index in [9.17, 15) is 0 Å². The topological polar surface area (TPSA) is 120 Å². The van der Waals surface area contributed by atoms with Gasteiger partial charge in [0.15, 0.2) is 11.6 Å². The van der Waals surface area contributed by atoms with Crippen molar-refractivity contribution >= 4 is 16.9 Å². The lowest BCUT2D eigenvalue weighted by molar-refractivity contribution is 0.483. The third kappa shape index (κ3) is 2.64. The lowest BCUT2D eigenvalue weighted by atomic mass is 10.1. The average Bonchev–Trinajstić information content (AvgIpc) is 3.18. The predicted molar refractivity (Wildman–Crippen MR) is 99.1 cm³/mol. The van der Waals surface area contributed by atoms with Crippen LogP contribution in [0.3, 0.4) is 0 Å². The molecule has 1 saturated carbocycles. The summed E-state index contributed by atoms with van der Waals surface area (Å²) in [4.78, 5) is 12.2. The number of H-pyrrole nitrogens is 2. The zero-order valence-electron chi connectivity index (χ0n) is 14.2. The number of nitrogens with two attached hydrogens (primary N) is 1. The summed E-state index contributed by atoms with van der Waals surface area (Å²) < 4.78 is 0. The molecule has 132 valence electrons. The van der Waals surface area contributed by atoms with Gasteiger partial charge >= 0.3 is 0 Å². The normalized spacial score (nSPS) is 24.0. The van der Waals surface area contributed by atoms with Crippen LogP contribution >= 0.6 is 0 Å². The number of aromatic amines is 2. The quantitative estimate of drug-likeness (QED) is 0.490. The molecule has 3 aromatic heterocycles. The van der Waals surface area contributed by atoms with Gasteiger partial charge in [-0.2, -0.15) is 5.10 Å². The Morgan fingerprint density at radius 2 is 2.23 bits per heavy atom. The van der Waals surface area contributed by atoms with E-state index in [1.165, 1.54) is 12.8 Å². The lowest BCUT2D eigenvalue weighted by Gasteiger charge is -2.30. The van der Waals surface area contributed by atoms with Crippen LogP contribution in [0.2, 0.25) is 0 Å². The van der Waals surface area contributed by atoms with Gasteiger partial charge in [-0.3, -0.25) is 10.1 Å². The summed E-state index contributed by atoms with van der Waals surface area (Å²) in [5.41, 5.74) is 9.51. The summed E-state index contributed by atoms with van der Waals surface area (Å²) in [6.07, 6.45) is 9.77. The Hall–Kier alpha value is -3.13. The zero-order chi connectivity index (χ0) is 17.6. The van der Waals surface area contributed by atoms with E-state index in [0.717, 1.165) is 28.0 Å². The highest BCUT2D eigenvalue weighted by Gasteiger charge is 2.33. The molecule has 4 heterocycles. The average molecular weight is 348 g/mol. The zero-order valence-corrected chi connectivity index (χ0v) is 14.2. The first-order valence-corrected chi connectivity index (χ1v) is 8.74. The fraction of sp³-hybridized carbons (Fsp3) is 0.278. The highest BCUT2D eigenvalue weighted by Crippen LogP contribution is 2.39. The molecule has 8 heteroatoms. The fourth-order valence-electron chi connectivity index (χ4n) is 3.24. The molecule has 1 fully saturated rings. The van der Waals surface area contributed by atoms with Crippen molar-refractivity contribution in [2.45, 2.75) is 31.0 Å². The molecule has 0 aromatic carbocycles. The van der Waals surface area contributed by atoms with Gasteiger partial charge < -0.3 is 21.4 Å². The van der Waals surface area contributed by atoms with Gasteiger partial charge in [0.2, 0.25) is 0 Å². The van der Waals surface area contributed by atoms with E-state index in [1.807, 2.05) is 30.5 Å². The maximum absolute atomic E-state index is 6.53. The number of pyridine rings is 1. The third-order valence-corrected chi connectivity index (χ3v) is 4.88. The first-order valence-electron chi connectivity index (χ1n) is 8.74. The van der Waals surface area contributed by atoms with E-state index in [2.05, 4.69) is 35.8 Å². The Bertz CT molecular complexity index is 1010. The van der Waals surface area contributed by atoms with Crippen LogP contribution in [0.1, 0.15) is 35.8 Å². The van der Waals surface area contributed by atoms with Crippen LogP contribution in [-0.4, -0.2) is 26.1 Å². The van der Waals surface area contributed by atoms with Crippen LogP contribution in [0.4, 0.5) is 0 Å². The molecule has 8 nitrogen and oxygen atoms in total. The molecular weight excluding hydrogens is 328 g/mol. The van der Waals surface area contributed by atoms with Gasteiger partial charge in [-0.25, -0.2) is 4.99 Å². The number of hydrogen-bond acceptors (Lipinski definition) is 4. The van der Waals surface area contributed by atoms with Crippen molar-refractivity contribution in [1.82, 2.24) is 30.8 Å². The van der Waals surface area contributed by atoms with Crippen molar-refractivity contribution in [3.05, 3.63) is 60.0 Å². The Labute approximate surface area is 150 Å². The van der Waals surface area contributed by atoms with Crippen molar-refractivity contribution in [3.63, 3.8) is 0 Å². The number of guanidine groups is 1. The molecule has 1 unspecified atom stereocenters. The Morgan fingerprint density at radius 1 is 1.31 bits per heavy atom. The molecule has 0 radical (unpaired) electrons. The monoisotopic (exact) mass is 348 g/mol. The second-order valence-corrected chi connectivity index (χ2v) is 6.82. The smallest absolute Gasteiger partial charge is 0.197 e. The van der Waals surface area contributed by atoms with Gasteiger partial charge in [-0.1, -0.05) is 0 Å². The standard InChI is InChI=1S/C18H20N8/c19-18(16-9-14(25-26-16)11-1-2-11)5-8-22-17(24-18)23-10-15-12-3-6-20-13(12)4-7-21-15/h3-9,11,20H,1-2,10,19H2,(H,25,26)(H2,22,23,24). The number of nitrogens with zero attached hydrogens (tertiary/aromatic N) is 3. The van der Waals surface area contributed by atoms with E-state index in [4.69, 9.17) is 5.73 Å². The minimum Gasteiger partial charge on any atom is -0.361 e. The van der Waals surface area contributed by atoms with Gasteiger partial charge in [0.25, 0.3) is 0 Å². The molecule has 5 rings (SSSR count). The van der Waals surface area contributed by atoms with Crippen molar-refractivity contribution in [3.8, 4) is 0 Å². The number of aromatic nitrogens is 4. The van der Waals surface area contributed by atoms with Gasteiger partial charge in [0.05, 0.1) is 12.2 Å². The number of rotatable bonds is 4. The molecule has 1 aliphatic heterocycles. The molecule has 3 aromatic rings. The third-order valence-electron chi connectivity index (χ3n) is 4.88. The first-order chi connectivity index (χ1) is 12.7. The minimum absolute atomic E-state index is 0.447. The van der Waals surface area contributed by atoms with Crippen LogP contribution in [-0.2, 0) is 12.2 Å². The molecule has 2 aliphatic rings. The summed E-state index contributed by atoms with van der Waals surface area (Å²) in [7, 11) is 0. The van der Waals surface area contributed by atoms with Gasteiger partial charge in [-0.15, -0.1) is 0 Å². The van der Waals surface area contributed by atoms with Crippen LogP contribution < -0.4 is 16.4 Å². The van der Waals surface area contributed by atoms with Crippen molar-refractivity contribution in [1.29, 1.82) is 0 Å². The van der Waals surface area contributed by atoms with Crippen molar-refractivity contribution in [2.75, 3.05) is 0 Å². The van der Waals surface area contributed by atoms with Crippen LogP contribution in [0.15, 0.2) is 47.9 Å². The predicted octanol–water partition coefficient (Wildman–Crippen LogP) is 1.54. The van der Waals surface area contributed by atoms with Crippen LogP contribution in [0.5, 0.6) is 0 Å². The first kappa shape index (κ1) is 15.2. The van der Waals surface area contributed by atoms with E-state index in [-0.39, 0.29) is 0 Å². The van der Waals surface area contributed by atoms with E-state index in [0.29, 0.717) is 18.4 Å². The molecule has 0 bridgehead atoms. The number of aliphatic imine (C=N–C) groups is 1.